The molecule has 13 nitrogen and oxygen atoms in total. The molecule has 43 heavy (non-hydrogen) atoms. The van der Waals surface area contributed by atoms with E-state index < -0.39 is 5.60 Å². The number of carbonyl (C=O) groups excluding carboxylic acids is 3. The lowest BCUT2D eigenvalue weighted by molar-refractivity contribution is -0.122. The average molecular weight is 598 g/mol. The predicted octanol–water partition coefficient (Wildman–Crippen LogP) is 2.52. The summed E-state index contributed by atoms with van der Waals surface area (Å²) in [6.45, 7) is 12.8. The molecule has 1 aromatic heterocycles. The summed E-state index contributed by atoms with van der Waals surface area (Å²) in [5.41, 5.74) is 7.90. The van der Waals surface area contributed by atoms with Gasteiger partial charge in [0.2, 0.25) is 5.91 Å². The van der Waals surface area contributed by atoms with E-state index >= 15 is 0 Å². The van der Waals surface area contributed by atoms with Gasteiger partial charge in [-0.3, -0.25) is 14.5 Å². The minimum absolute atomic E-state index is 0.146. The largest absolute Gasteiger partial charge is 0.444 e. The fourth-order valence-electron chi connectivity index (χ4n) is 5.58. The van der Waals surface area contributed by atoms with E-state index in [9.17, 15) is 14.4 Å². The van der Waals surface area contributed by atoms with E-state index in [4.69, 9.17) is 19.6 Å². The molecule has 0 atom stereocenters. The van der Waals surface area contributed by atoms with Gasteiger partial charge in [-0.1, -0.05) is 6.07 Å². The Morgan fingerprint density at radius 1 is 1.00 bits per heavy atom. The summed E-state index contributed by atoms with van der Waals surface area (Å²) in [5, 5.41) is 3.03. The average Bonchev–Trinajstić information content (AvgIpc) is 3.49. The Kier molecular flexibility index (Phi) is 9.40. The van der Waals surface area contributed by atoms with E-state index in [2.05, 4.69) is 26.2 Å². The molecule has 3 saturated heterocycles. The van der Waals surface area contributed by atoms with Crippen molar-refractivity contribution >= 4 is 35.3 Å². The number of hydrogen-bond acceptors (Lipinski definition) is 10. The van der Waals surface area contributed by atoms with Crippen LogP contribution in [0.25, 0.3) is 0 Å². The number of hydrogen-bond donors (Lipinski definition) is 2. The maximum Gasteiger partial charge on any atom is 0.410 e. The van der Waals surface area contributed by atoms with Gasteiger partial charge in [-0.2, -0.15) is 4.98 Å². The fraction of sp³-hybridized carbons (Fsp3) is 0.600. The van der Waals surface area contributed by atoms with Gasteiger partial charge in [-0.15, -0.1) is 0 Å². The van der Waals surface area contributed by atoms with Crippen LogP contribution in [0.1, 0.15) is 49.7 Å². The maximum absolute atomic E-state index is 13.3. The molecule has 3 aliphatic rings. The molecule has 0 radical (unpaired) electrons. The third-order valence-electron chi connectivity index (χ3n) is 7.98. The second-order valence-electron chi connectivity index (χ2n) is 12.3. The normalized spacial score (nSPS) is 18.9. The number of nitrogens with two attached hydrogens (primary N) is 1. The number of oxazole rings is 1. The Morgan fingerprint density at radius 3 is 2.35 bits per heavy atom. The van der Waals surface area contributed by atoms with Crippen molar-refractivity contribution in [3.05, 3.63) is 35.7 Å². The highest BCUT2D eigenvalue weighted by molar-refractivity contribution is 6.04. The predicted molar refractivity (Wildman–Crippen MR) is 161 cm³/mol. The highest BCUT2D eigenvalue weighted by Gasteiger charge is 2.28. The molecule has 234 valence electrons. The number of ether oxygens (including phenoxy) is 2. The van der Waals surface area contributed by atoms with Crippen LogP contribution in [0, 0.1) is 5.92 Å². The van der Waals surface area contributed by atoms with Crippen molar-refractivity contribution < 1.29 is 28.3 Å². The number of nitrogens with zero attached hydrogens (tertiary/aromatic N) is 5. The molecule has 3 amide bonds. The minimum Gasteiger partial charge on any atom is -0.444 e. The first-order valence-electron chi connectivity index (χ1n) is 15.0. The molecule has 0 saturated carbocycles. The number of benzene rings is 1. The number of piperidine rings is 1. The standard InChI is InChI=1S/C30H43N7O6/c1-30(2,3)43-29(40)37-12-10-34(11-13-37)19-21-4-5-23(25(18-21)35-8-6-22(7-9-35)26(31)38)32-27(39)24-20-42-28(33-24)36-14-16-41-17-15-36/h4-5,18,20,22H,6-17,19H2,1-3H3,(H2,31,38)(H,32,39). The number of aromatic nitrogens is 1. The molecule has 1 aromatic carbocycles. The second kappa shape index (κ2) is 13.2. The van der Waals surface area contributed by atoms with Crippen molar-refractivity contribution in [2.24, 2.45) is 11.7 Å². The first-order chi connectivity index (χ1) is 20.6. The van der Waals surface area contributed by atoms with Gasteiger partial charge in [0.1, 0.15) is 11.9 Å². The second-order valence-corrected chi connectivity index (χ2v) is 12.3. The fourth-order valence-corrected chi connectivity index (χ4v) is 5.58. The first kappa shape index (κ1) is 30.6. The van der Waals surface area contributed by atoms with Crippen molar-refractivity contribution in [1.29, 1.82) is 0 Å². The monoisotopic (exact) mass is 597 g/mol. The van der Waals surface area contributed by atoms with Gasteiger partial charge < -0.3 is 39.6 Å². The van der Waals surface area contributed by atoms with Crippen molar-refractivity contribution in [2.45, 2.75) is 45.8 Å². The molecule has 0 aliphatic carbocycles. The van der Waals surface area contributed by atoms with E-state index in [1.165, 1.54) is 6.26 Å². The maximum atomic E-state index is 13.3. The number of anilines is 3. The topological polar surface area (TPSA) is 147 Å². The molecule has 3 fully saturated rings. The summed E-state index contributed by atoms with van der Waals surface area (Å²) in [7, 11) is 0. The van der Waals surface area contributed by atoms with Crippen LogP contribution in [0.2, 0.25) is 0 Å². The number of carbonyl (C=O) groups is 3. The minimum atomic E-state index is -0.521. The molecule has 4 heterocycles. The summed E-state index contributed by atoms with van der Waals surface area (Å²) in [6, 6.07) is 6.44. The smallest absolute Gasteiger partial charge is 0.410 e. The lowest BCUT2D eigenvalue weighted by Crippen LogP contribution is -2.49. The highest BCUT2D eigenvalue weighted by Crippen LogP contribution is 2.32. The lowest BCUT2D eigenvalue weighted by Gasteiger charge is -2.36. The summed E-state index contributed by atoms with van der Waals surface area (Å²) in [4.78, 5) is 50.1. The van der Waals surface area contributed by atoms with E-state index in [0.717, 1.165) is 24.3 Å². The number of nitrogens with one attached hydrogen (secondary N) is 1. The quantitative estimate of drug-likeness (QED) is 0.488. The van der Waals surface area contributed by atoms with E-state index in [0.29, 0.717) is 83.6 Å². The summed E-state index contributed by atoms with van der Waals surface area (Å²) < 4.78 is 16.5. The summed E-state index contributed by atoms with van der Waals surface area (Å²) in [6.07, 6.45) is 2.42. The summed E-state index contributed by atoms with van der Waals surface area (Å²) in [5.74, 6) is -0.774. The van der Waals surface area contributed by atoms with Gasteiger partial charge in [0.25, 0.3) is 11.9 Å². The first-order valence-corrected chi connectivity index (χ1v) is 15.0. The molecule has 0 spiro atoms. The van der Waals surface area contributed by atoms with Crippen molar-refractivity contribution in [3.8, 4) is 0 Å². The Morgan fingerprint density at radius 2 is 1.70 bits per heavy atom. The van der Waals surface area contributed by atoms with Crippen LogP contribution >= 0.6 is 0 Å². The van der Waals surface area contributed by atoms with Crippen molar-refractivity contribution in [2.75, 3.05) is 80.7 Å². The van der Waals surface area contributed by atoms with Crippen LogP contribution in [0.3, 0.4) is 0 Å². The number of amides is 3. The van der Waals surface area contributed by atoms with Gasteiger partial charge in [-0.25, -0.2) is 4.79 Å². The zero-order chi connectivity index (χ0) is 30.6. The summed E-state index contributed by atoms with van der Waals surface area (Å²) >= 11 is 0. The molecule has 3 aliphatic heterocycles. The molecule has 13 heteroatoms. The molecule has 0 bridgehead atoms. The van der Waals surface area contributed by atoms with Gasteiger partial charge >= 0.3 is 6.09 Å². The van der Waals surface area contributed by atoms with Gasteiger partial charge in [-0.05, 0) is 51.3 Å². The van der Waals surface area contributed by atoms with Crippen LogP contribution in [-0.4, -0.2) is 104 Å². The number of morpholine rings is 1. The Hall–Kier alpha value is -3.84. The third kappa shape index (κ3) is 7.96. The molecule has 5 rings (SSSR count). The van der Waals surface area contributed by atoms with Crippen LogP contribution in [0.5, 0.6) is 0 Å². The van der Waals surface area contributed by atoms with E-state index in [1.54, 1.807) is 4.90 Å². The van der Waals surface area contributed by atoms with Gasteiger partial charge in [0.15, 0.2) is 5.69 Å². The molecular formula is C30H43N7O6. The van der Waals surface area contributed by atoms with Crippen LogP contribution in [-0.2, 0) is 20.8 Å². The van der Waals surface area contributed by atoms with Gasteiger partial charge in [0.05, 0.1) is 24.6 Å². The van der Waals surface area contributed by atoms with E-state index in [-0.39, 0.29) is 29.5 Å². The van der Waals surface area contributed by atoms with Gasteiger partial charge in [0, 0.05) is 64.8 Å². The molecule has 3 N–H and O–H groups in total. The highest BCUT2D eigenvalue weighted by atomic mass is 16.6. The molecule has 0 unspecified atom stereocenters. The molecular weight excluding hydrogens is 554 g/mol. The van der Waals surface area contributed by atoms with Crippen molar-refractivity contribution in [1.82, 2.24) is 14.8 Å². The van der Waals surface area contributed by atoms with Crippen LogP contribution in [0.4, 0.5) is 22.2 Å². The van der Waals surface area contributed by atoms with E-state index in [1.807, 2.05) is 37.8 Å². The lowest BCUT2D eigenvalue weighted by atomic mass is 9.95. The third-order valence-corrected chi connectivity index (χ3v) is 7.98. The zero-order valence-electron chi connectivity index (χ0n) is 25.3. The van der Waals surface area contributed by atoms with Crippen LogP contribution in [0.15, 0.2) is 28.9 Å². The SMILES string of the molecule is CC(C)(C)OC(=O)N1CCN(Cc2ccc(NC(=O)c3coc(N4CCOCC4)n3)c(N3CCC(C(N)=O)CC3)c2)CC1. The molecule has 2 aromatic rings. The Balaban J connectivity index is 1.27. The number of primary amides is 1. The van der Waals surface area contributed by atoms with Crippen molar-refractivity contribution in [3.63, 3.8) is 0 Å². The zero-order valence-corrected chi connectivity index (χ0v) is 25.3. The van der Waals surface area contributed by atoms with Crippen LogP contribution < -0.4 is 20.9 Å². The Labute approximate surface area is 252 Å². The number of rotatable bonds is 7. The number of piperazine rings is 1. The Bertz CT molecular complexity index is 1290.